The predicted molar refractivity (Wildman–Crippen MR) is 82.4 cm³/mol. The molecule has 0 radical (unpaired) electrons. The van der Waals surface area contributed by atoms with E-state index in [2.05, 4.69) is 14.9 Å². The molecule has 106 valence electrons. The van der Waals surface area contributed by atoms with Gasteiger partial charge in [-0.25, -0.2) is 8.42 Å². The van der Waals surface area contributed by atoms with E-state index in [1.807, 2.05) is 6.92 Å². The molecule has 6 nitrogen and oxygen atoms in total. The lowest BCUT2D eigenvalue weighted by Gasteiger charge is -2.09. The molecule has 0 fully saturated rings. The van der Waals surface area contributed by atoms with Gasteiger partial charge in [0.2, 0.25) is 5.13 Å². The van der Waals surface area contributed by atoms with Crippen LogP contribution in [-0.2, 0) is 16.4 Å². The van der Waals surface area contributed by atoms with Gasteiger partial charge >= 0.3 is 0 Å². The SMILES string of the molecule is CCc1nnc(NS(=O)(=O)c2ccccc2C(N)=S)s1. The Bertz CT molecular complexity index is 740. The average molecular weight is 328 g/mol. The maximum Gasteiger partial charge on any atom is 0.264 e. The number of benzene rings is 1. The largest absolute Gasteiger partial charge is 0.389 e. The predicted octanol–water partition coefficient (Wildman–Crippen LogP) is 1.54. The first-order valence-electron chi connectivity index (χ1n) is 5.68. The average Bonchev–Trinajstić information content (AvgIpc) is 2.85. The fraction of sp³-hybridized carbons (Fsp3) is 0.182. The quantitative estimate of drug-likeness (QED) is 0.808. The Balaban J connectivity index is 2.38. The van der Waals surface area contributed by atoms with Crippen molar-refractivity contribution >= 4 is 43.7 Å². The molecule has 0 unspecified atom stereocenters. The summed E-state index contributed by atoms with van der Waals surface area (Å²) in [6.45, 7) is 1.92. The summed E-state index contributed by atoms with van der Waals surface area (Å²) in [5.41, 5.74) is 5.85. The van der Waals surface area contributed by atoms with Crippen molar-refractivity contribution in [3.63, 3.8) is 0 Å². The zero-order valence-electron chi connectivity index (χ0n) is 10.5. The third-order valence-electron chi connectivity index (χ3n) is 2.43. The number of nitrogens with zero attached hydrogens (tertiary/aromatic N) is 2. The fourth-order valence-corrected chi connectivity index (χ4v) is 3.89. The van der Waals surface area contributed by atoms with E-state index in [-0.39, 0.29) is 15.0 Å². The number of thiocarbonyl (C=S) groups is 1. The summed E-state index contributed by atoms with van der Waals surface area (Å²) in [5.74, 6) is 0. The lowest BCUT2D eigenvalue weighted by Crippen LogP contribution is -2.19. The van der Waals surface area contributed by atoms with Crippen LogP contribution in [0, 0.1) is 0 Å². The van der Waals surface area contributed by atoms with Crippen molar-refractivity contribution in [3.8, 4) is 0 Å². The van der Waals surface area contributed by atoms with Gasteiger partial charge in [0.25, 0.3) is 10.0 Å². The molecule has 2 aromatic rings. The summed E-state index contributed by atoms with van der Waals surface area (Å²) >= 11 is 6.06. The molecular formula is C11H12N4O2S3. The van der Waals surface area contributed by atoms with E-state index < -0.39 is 10.0 Å². The summed E-state index contributed by atoms with van der Waals surface area (Å²) in [6, 6.07) is 6.29. The second-order valence-corrected chi connectivity index (χ2v) is 6.97. The van der Waals surface area contributed by atoms with Crippen LogP contribution in [0.15, 0.2) is 29.2 Å². The second kappa shape index (κ2) is 5.81. The third-order valence-corrected chi connectivity index (χ3v) is 5.16. The highest BCUT2D eigenvalue weighted by atomic mass is 32.2. The Morgan fingerprint density at radius 2 is 2.10 bits per heavy atom. The van der Waals surface area contributed by atoms with Gasteiger partial charge in [0, 0.05) is 5.56 Å². The van der Waals surface area contributed by atoms with Crippen molar-refractivity contribution in [3.05, 3.63) is 34.8 Å². The second-order valence-electron chi connectivity index (χ2n) is 3.82. The van der Waals surface area contributed by atoms with Gasteiger partial charge in [-0.2, -0.15) is 0 Å². The van der Waals surface area contributed by atoms with Gasteiger partial charge in [-0.3, -0.25) is 4.72 Å². The maximum atomic E-state index is 12.3. The molecule has 1 heterocycles. The molecule has 0 bridgehead atoms. The van der Waals surface area contributed by atoms with Crippen LogP contribution in [0.25, 0.3) is 0 Å². The van der Waals surface area contributed by atoms with Gasteiger partial charge in [-0.05, 0) is 12.5 Å². The molecule has 0 saturated heterocycles. The van der Waals surface area contributed by atoms with E-state index in [4.69, 9.17) is 18.0 Å². The highest BCUT2D eigenvalue weighted by Crippen LogP contribution is 2.22. The van der Waals surface area contributed by atoms with Crippen LogP contribution in [0.1, 0.15) is 17.5 Å². The Labute approximate surface area is 126 Å². The molecule has 20 heavy (non-hydrogen) atoms. The van der Waals surface area contributed by atoms with Crippen molar-refractivity contribution in [2.24, 2.45) is 5.73 Å². The number of aryl methyl sites for hydroxylation is 1. The van der Waals surface area contributed by atoms with Crippen LogP contribution in [0.5, 0.6) is 0 Å². The Kier molecular flexibility index (Phi) is 4.31. The molecular weight excluding hydrogens is 316 g/mol. The third kappa shape index (κ3) is 3.11. The number of rotatable bonds is 5. The van der Waals surface area contributed by atoms with E-state index in [1.54, 1.807) is 18.2 Å². The molecule has 0 spiro atoms. The molecule has 9 heteroatoms. The number of sulfonamides is 1. The van der Waals surface area contributed by atoms with Crippen LogP contribution in [0.2, 0.25) is 0 Å². The number of nitrogens with two attached hydrogens (primary N) is 1. The minimum atomic E-state index is -3.79. The minimum absolute atomic E-state index is 0.0254. The van der Waals surface area contributed by atoms with E-state index in [1.165, 1.54) is 17.4 Å². The smallest absolute Gasteiger partial charge is 0.264 e. The summed E-state index contributed by atoms with van der Waals surface area (Å²) in [4.78, 5) is 0.0539. The fourth-order valence-electron chi connectivity index (χ4n) is 1.51. The number of anilines is 1. The van der Waals surface area contributed by atoms with Crippen LogP contribution < -0.4 is 10.5 Å². The first-order chi connectivity index (χ1) is 9.44. The van der Waals surface area contributed by atoms with Crippen LogP contribution in [-0.4, -0.2) is 23.6 Å². The number of hydrogen-bond donors (Lipinski definition) is 2. The number of aromatic nitrogens is 2. The van der Waals surface area contributed by atoms with Crippen molar-refractivity contribution in [1.29, 1.82) is 0 Å². The number of hydrogen-bond acceptors (Lipinski definition) is 6. The van der Waals surface area contributed by atoms with E-state index in [0.29, 0.717) is 12.0 Å². The summed E-state index contributed by atoms with van der Waals surface area (Å²) in [5, 5.41) is 8.62. The van der Waals surface area contributed by atoms with Crippen molar-refractivity contribution in [2.75, 3.05) is 4.72 Å². The van der Waals surface area contributed by atoms with Gasteiger partial charge in [0.1, 0.15) is 10.00 Å². The number of nitrogens with one attached hydrogen (secondary N) is 1. The van der Waals surface area contributed by atoms with Gasteiger partial charge in [0.15, 0.2) is 0 Å². The molecule has 0 atom stereocenters. The Hall–Kier alpha value is -1.58. The first-order valence-corrected chi connectivity index (χ1v) is 8.39. The van der Waals surface area contributed by atoms with Crippen LogP contribution >= 0.6 is 23.6 Å². The Morgan fingerprint density at radius 3 is 2.70 bits per heavy atom. The molecule has 0 aliphatic rings. The molecule has 0 aliphatic heterocycles. The highest BCUT2D eigenvalue weighted by molar-refractivity contribution is 7.93. The van der Waals surface area contributed by atoms with Crippen LogP contribution in [0.3, 0.4) is 0 Å². The topological polar surface area (TPSA) is 98.0 Å². The molecule has 3 N–H and O–H groups in total. The summed E-state index contributed by atoms with van der Waals surface area (Å²) in [6.07, 6.45) is 0.697. The first kappa shape index (κ1) is 14.8. The van der Waals surface area contributed by atoms with Gasteiger partial charge in [-0.15, -0.1) is 10.2 Å². The lowest BCUT2D eigenvalue weighted by molar-refractivity contribution is 0.601. The van der Waals surface area contributed by atoms with Gasteiger partial charge in [-0.1, -0.05) is 48.7 Å². The Morgan fingerprint density at radius 1 is 1.40 bits per heavy atom. The summed E-state index contributed by atoms with van der Waals surface area (Å²) < 4.78 is 27.1. The molecule has 1 aromatic carbocycles. The maximum absolute atomic E-state index is 12.3. The molecule has 1 aromatic heterocycles. The van der Waals surface area contributed by atoms with Crippen molar-refractivity contribution in [1.82, 2.24) is 10.2 Å². The van der Waals surface area contributed by atoms with E-state index in [9.17, 15) is 8.42 Å². The van der Waals surface area contributed by atoms with Crippen molar-refractivity contribution in [2.45, 2.75) is 18.2 Å². The zero-order chi connectivity index (χ0) is 14.8. The van der Waals surface area contributed by atoms with Crippen LogP contribution in [0.4, 0.5) is 5.13 Å². The normalized spacial score (nSPS) is 11.2. The highest BCUT2D eigenvalue weighted by Gasteiger charge is 2.21. The van der Waals surface area contributed by atoms with Gasteiger partial charge in [0.05, 0.1) is 4.90 Å². The monoisotopic (exact) mass is 328 g/mol. The van der Waals surface area contributed by atoms with E-state index in [0.717, 1.165) is 5.01 Å². The minimum Gasteiger partial charge on any atom is -0.389 e. The molecule has 2 rings (SSSR count). The van der Waals surface area contributed by atoms with Gasteiger partial charge < -0.3 is 5.73 Å². The molecule has 0 saturated carbocycles. The molecule has 0 amide bonds. The standard InChI is InChI=1S/C11H12N4O2S3/c1-2-9-13-14-11(19-9)15-20(16,17)8-6-4-3-5-7(8)10(12)18/h3-6H,2H2,1H3,(H2,12,18)(H,14,15). The summed E-state index contributed by atoms with van der Waals surface area (Å²) in [7, 11) is -3.79. The van der Waals surface area contributed by atoms with E-state index >= 15 is 0 Å². The zero-order valence-corrected chi connectivity index (χ0v) is 13.0. The van der Waals surface area contributed by atoms with Crippen molar-refractivity contribution < 1.29 is 8.42 Å². The molecule has 0 aliphatic carbocycles. The lowest BCUT2D eigenvalue weighted by atomic mass is 10.2.